The Labute approximate surface area is 167 Å². The third kappa shape index (κ3) is 3.98. The van der Waals surface area contributed by atoms with Gasteiger partial charge in [0.05, 0.1) is 11.5 Å². The van der Waals surface area contributed by atoms with E-state index in [9.17, 15) is 13.2 Å². The van der Waals surface area contributed by atoms with Crippen molar-refractivity contribution >= 4 is 16.0 Å². The fourth-order valence-corrected chi connectivity index (χ4v) is 5.28. The SMILES string of the molecule is C=C1CC/C(=C/C(=O)OCC)C(C)=C2CN(S(=O)(=O)c3ccc(C)cc3)C[C@H]12. The first-order valence-electron chi connectivity index (χ1n) is 9.56. The van der Waals surface area contributed by atoms with E-state index >= 15 is 0 Å². The number of fused-ring (bicyclic) bond motifs is 1. The van der Waals surface area contributed by atoms with E-state index in [-0.39, 0.29) is 11.9 Å². The Balaban J connectivity index is 1.95. The normalized spacial score (nSPS) is 22.3. The van der Waals surface area contributed by atoms with Crippen molar-refractivity contribution in [2.75, 3.05) is 19.7 Å². The van der Waals surface area contributed by atoms with E-state index in [1.54, 1.807) is 25.1 Å². The molecule has 5 nitrogen and oxygen atoms in total. The van der Waals surface area contributed by atoms with Gasteiger partial charge in [0.2, 0.25) is 10.0 Å². The zero-order valence-electron chi connectivity index (χ0n) is 16.7. The first-order chi connectivity index (χ1) is 13.2. The van der Waals surface area contributed by atoms with Crippen LogP contribution < -0.4 is 0 Å². The molecule has 0 unspecified atom stereocenters. The third-order valence-corrected chi connectivity index (χ3v) is 7.39. The number of hydrogen-bond donors (Lipinski definition) is 0. The summed E-state index contributed by atoms with van der Waals surface area (Å²) in [5, 5.41) is 0. The van der Waals surface area contributed by atoms with Gasteiger partial charge >= 0.3 is 5.97 Å². The van der Waals surface area contributed by atoms with Crippen LogP contribution in [0.1, 0.15) is 32.3 Å². The number of allylic oxidation sites excluding steroid dienone is 2. The minimum Gasteiger partial charge on any atom is -0.463 e. The van der Waals surface area contributed by atoms with Crippen LogP contribution in [-0.2, 0) is 19.6 Å². The van der Waals surface area contributed by atoms with Crippen molar-refractivity contribution in [3.8, 4) is 0 Å². The highest BCUT2D eigenvalue weighted by Gasteiger charge is 2.39. The second-order valence-electron chi connectivity index (χ2n) is 7.39. The summed E-state index contributed by atoms with van der Waals surface area (Å²) in [5.74, 6) is -0.364. The van der Waals surface area contributed by atoms with Crippen LogP contribution in [0.25, 0.3) is 0 Å². The monoisotopic (exact) mass is 401 g/mol. The number of sulfonamides is 1. The number of carbonyl (C=O) groups excluding carboxylic acids is 1. The largest absolute Gasteiger partial charge is 0.463 e. The van der Waals surface area contributed by atoms with E-state index in [2.05, 4.69) is 6.58 Å². The average molecular weight is 402 g/mol. The standard InChI is InChI=1S/C22H27NO4S/c1-5-27-22(24)12-18-9-8-16(3)20-13-23(14-21(20)17(18)4)28(25,26)19-10-6-15(2)7-11-19/h6-7,10-12,20H,3,5,8-9,13-14H2,1-2,4H3/b18-12-/t20-/m1/s1. The van der Waals surface area contributed by atoms with E-state index in [0.717, 1.165) is 34.3 Å². The lowest BCUT2D eigenvalue weighted by Crippen LogP contribution is -2.29. The number of benzene rings is 1. The van der Waals surface area contributed by atoms with Crippen LogP contribution in [0, 0.1) is 12.8 Å². The van der Waals surface area contributed by atoms with Gasteiger partial charge < -0.3 is 4.74 Å². The van der Waals surface area contributed by atoms with Gasteiger partial charge in [-0.25, -0.2) is 13.2 Å². The molecule has 1 fully saturated rings. The van der Waals surface area contributed by atoms with Crippen LogP contribution >= 0.6 is 0 Å². The van der Waals surface area contributed by atoms with Crippen molar-refractivity contribution in [1.29, 1.82) is 0 Å². The number of esters is 1. The van der Waals surface area contributed by atoms with E-state index in [4.69, 9.17) is 4.74 Å². The molecule has 1 aromatic rings. The van der Waals surface area contributed by atoms with Crippen molar-refractivity contribution in [1.82, 2.24) is 4.31 Å². The summed E-state index contributed by atoms with van der Waals surface area (Å²) in [6.45, 7) is 10.9. The van der Waals surface area contributed by atoms with Crippen molar-refractivity contribution in [2.45, 2.75) is 38.5 Å². The Bertz CT molecular complexity index is 955. The number of ether oxygens (including phenoxy) is 1. The molecule has 28 heavy (non-hydrogen) atoms. The van der Waals surface area contributed by atoms with Crippen molar-refractivity contribution in [3.05, 3.63) is 64.8 Å². The highest BCUT2D eigenvalue weighted by atomic mass is 32.2. The van der Waals surface area contributed by atoms with Crippen LogP contribution in [-0.4, -0.2) is 38.4 Å². The molecule has 0 aromatic heterocycles. The summed E-state index contributed by atoms with van der Waals surface area (Å²) < 4.78 is 32.8. The maximum absolute atomic E-state index is 13.1. The highest BCUT2D eigenvalue weighted by Crippen LogP contribution is 2.41. The molecule has 2 aliphatic rings. The Morgan fingerprint density at radius 2 is 1.93 bits per heavy atom. The van der Waals surface area contributed by atoms with Gasteiger partial charge in [-0.05, 0) is 62.5 Å². The maximum atomic E-state index is 13.1. The van der Waals surface area contributed by atoms with Gasteiger partial charge in [-0.1, -0.05) is 29.8 Å². The maximum Gasteiger partial charge on any atom is 0.331 e. The molecule has 0 saturated carbocycles. The molecule has 0 N–H and O–H groups in total. The van der Waals surface area contributed by atoms with E-state index in [1.165, 1.54) is 4.31 Å². The average Bonchev–Trinajstić information content (AvgIpc) is 3.07. The number of hydrogen-bond acceptors (Lipinski definition) is 4. The molecule has 0 radical (unpaired) electrons. The predicted molar refractivity (Wildman–Crippen MR) is 109 cm³/mol. The van der Waals surface area contributed by atoms with Gasteiger partial charge in [0, 0.05) is 25.1 Å². The van der Waals surface area contributed by atoms with Crippen LogP contribution in [0.4, 0.5) is 0 Å². The van der Waals surface area contributed by atoms with Crippen molar-refractivity contribution in [2.24, 2.45) is 5.92 Å². The molecular formula is C22H27NO4S. The molecule has 1 aromatic carbocycles. The van der Waals surface area contributed by atoms with Crippen molar-refractivity contribution in [3.63, 3.8) is 0 Å². The van der Waals surface area contributed by atoms with Gasteiger partial charge in [-0.15, -0.1) is 0 Å². The predicted octanol–water partition coefficient (Wildman–Crippen LogP) is 3.77. The number of aryl methyl sites for hydroxylation is 1. The van der Waals surface area contributed by atoms with Crippen LogP contribution in [0.3, 0.4) is 0 Å². The van der Waals surface area contributed by atoms with Gasteiger partial charge in [0.1, 0.15) is 0 Å². The van der Waals surface area contributed by atoms with Crippen molar-refractivity contribution < 1.29 is 17.9 Å². The quantitative estimate of drug-likeness (QED) is 0.438. The molecule has 0 spiro atoms. The van der Waals surface area contributed by atoms with Gasteiger partial charge in [-0.2, -0.15) is 4.31 Å². The fourth-order valence-electron chi connectivity index (χ4n) is 3.85. The van der Waals surface area contributed by atoms with E-state index in [0.29, 0.717) is 31.0 Å². The molecule has 1 heterocycles. The lowest BCUT2D eigenvalue weighted by Gasteiger charge is -2.17. The molecule has 6 heteroatoms. The summed E-state index contributed by atoms with van der Waals surface area (Å²) in [7, 11) is -3.57. The number of rotatable bonds is 4. The fraction of sp³-hybridized carbons (Fsp3) is 0.409. The minimum atomic E-state index is -3.57. The molecule has 150 valence electrons. The first-order valence-corrected chi connectivity index (χ1v) is 11.0. The smallest absolute Gasteiger partial charge is 0.331 e. The zero-order valence-corrected chi connectivity index (χ0v) is 17.5. The lowest BCUT2D eigenvalue weighted by molar-refractivity contribution is -0.137. The van der Waals surface area contributed by atoms with E-state index in [1.807, 2.05) is 26.0 Å². The molecule has 1 aliphatic carbocycles. The lowest BCUT2D eigenvalue weighted by atomic mass is 9.92. The molecule has 1 saturated heterocycles. The molecule has 0 amide bonds. The highest BCUT2D eigenvalue weighted by molar-refractivity contribution is 7.89. The molecular weight excluding hydrogens is 374 g/mol. The van der Waals surface area contributed by atoms with Gasteiger partial charge in [-0.3, -0.25) is 0 Å². The van der Waals surface area contributed by atoms with Gasteiger partial charge in [0.15, 0.2) is 0 Å². The summed E-state index contributed by atoms with van der Waals surface area (Å²) in [6.07, 6.45) is 2.99. The van der Waals surface area contributed by atoms with E-state index < -0.39 is 10.0 Å². The summed E-state index contributed by atoms with van der Waals surface area (Å²) >= 11 is 0. The zero-order chi connectivity index (χ0) is 20.5. The Kier molecular flexibility index (Phi) is 5.91. The summed E-state index contributed by atoms with van der Waals surface area (Å²) in [6, 6.07) is 6.93. The molecule has 1 aliphatic heterocycles. The molecule has 1 atom stereocenters. The summed E-state index contributed by atoms with van der Waals surface area (Å²) in [5.41, 5.74) is 4.97. The minimum absolute atomic E-state index is 0.00619. The first kappa shape index (κ1) is 20.6. The Morgan fingerprint density at radius 1 is 1.25 bits per heavy atom. The topological polar surface area (TPSA) is 63.7 Å². The number of carbonyl (C=O) groups is 1. The molecule has 3 rings (SSSR count). The number of nitrogens with zero attached hydrogens (tertiary/aromatic N) is 1. The van der Waals surface area contributed by atoms with Crippen LogP contribution in [0.2, 0.25) is 0 Å². The second kappa shape index (κ2) is 8.05. The third-order valence-electron chi connectivity index (χ3n) is 5.56. The summed E-state index contributed by atoms with van der Waals surface area (Å²) in [4.78, 5) is 12.2. The Hall–Kier alpha value is -2.18. The van der Waals surface area contributed by atoms with Gasteiger partial charge in [0.25, 0.3) is 0 Å². The Morgan fingerprint density at radius 3 is 2.57 bits per heavy atom. The van der Waals surface area contributed by atoms with Crippen LogP contribution in [0.15, 0.2) is 64.1 Å². The van der Waals surface area contributed by atoms with Crippen LogP contribution in [0.5, 0.6) is 0 Å². The second-order valence-corrected chi connectivity index (χ2v) is 9.33. The molecule has 0 bridgehead atoms.